The fourth-order valence-electron chi connectivity index (χ4n) is 1.96. The molecule has 4 heteroatoms. The average Bonchev–Trinajstić information content (AvgIpc) is 2.84. The molecular weight excluding hydrogens is 355 g/mol. The van der Waals surface area contributed by atoms with Gasteiger partial charge in [0.05, 0.1) is 14.4 Å². The lowest BCUT2D eigenvalue weighted by Gasteiger charge is -2.11. The largest absolute Gasteiger partial charge is 0.320 e. The second kappa shape index (κ2) is 4.95. The van der Waals surface area contributed by atoms with Crippen LogP contribution in [0.2, 0.25) is 0 Å². The van der Waals surface area contributed by atoms with Gasteiger partial charge in [-0.25, -0.2) is 0 Å². The summed E-state index contributed by atoms with van der Waals surface area (Å²) in [4.78, 5) is 4.37. The Balaban J connectivity index is 2.03. The molecule has 0 aliphatic heterocycles. The number of fused-ring (bicyclic) bond motifs is 1. The average molecular weight is 366 g/mol. The van der Waals surface area contributed by atoms with Crippen LogP contribution in [0.4, 0.5) is 0 Å². The highest BCUT2D eigenvalue weighted by atomic mass is 127. The molecule has 2 nitrogen and oxygen atoms in total. The summed E-state index contributed by atoms with van der Waals surface area (Å²) >= 11 is 4.04. The number of aromatic nitrogens is 1. The topological polar surface area (TPSA) is 38.9 Å². The molecule has 0 aliphatic rings. The van der Waals surface area contributed by atoms with Crippen molar-refractivity contribution in [3.63, 3.8) is 0 Å². The van der Waals surface area contributed by atoms with E-state index in [4.69, 9.17) is 5.73 Å². The van der Waals surface area contributed by atoms with Gasteiger partial charge in [0.25, 0.3) is 0 Å². The van der Waals surface area contributed by atoms with Crippen LogP contribution in [-0.4, -0.2) is 4.98 Å². The van der Waals surface area contributed by atoms with Gasteiger partial charge in [0.2, 0.25) is 0 Å². The number of thiophene rings is 1. The quantitative estimate of drug-likeness (QED) is 0.698. The van der Waals surface area contributed by atoms with Crippen molar-refractivity contribution in [3.05, 3.63) is 62.0 Å². The molecule has 2 aromatic heterocycles. The van der Waals surface area contributed by atoms with Crippen molar-refractivity contribution >= 4 is 44.8 Å². The van der Waals surface area contributed by atoms with Crippen LogP contribution in [0.25, 0.3) is 10.9 Å². The predicted molar refractivity (Wildman–Crippen MR) is 84.8 cm³/mol. The van der Waals surface area contributed by atoms with Crippen LogP contribution in [0.15, 0.2) is 48.0 Å². The third kappa shape index (κ3) is 2.28. The van der Waals surface area contributed by atoms with Crippen LogP contribution in [-0.2, 0) is 0 Å². The summed E-state index contributed by atoms with van der Waals surface area (Å²) in [6.45, 7) is 0. The molecule has 1 atom stereocenters. The molecule has 0 saturated heterocycles. The van der Waals surface area contributed by atoms with E-state index in [2.05, 4.69) is 63.3 Å². The van der Waals surface area contributed by atoms with Gasteiger partial charge in [-0.05, 0) is 57.3 Å². The van der Waals surface area contributed by atoms with Crippen LogP contribution in [0.1, 0.15) is 17.2 Å². The van der Waals surface area contributed by atoms with Crippen molar-refractivity contribution in [2.24, 2.45) is 5.73 Å². The Kier molecular flexibility index (Phi) is 3.32. The Morgan fingerprint density at radius 2 is 2.06 bits per heavy atom. The second-order valence-corrected chi connectivity index (χ2v) is 6.92. The van der Waals surface area contributed by atoms with Gasteiger partial charge in [0, 0.05) is 11.6 Å². The zero-order valence-electron chi connectivity index (χ0n) is 9.51. The summed E-state index contributed by atoms with van der Waals surface area (Å²) in [5, 5.41) is 3.27. The summed E-state index contributed by atoms with van der Waals surface area (Å²) in [6, 6.07) is 12.3. The molecule has 1 unspecified atom stereocenters. The number of rotatable bonds is 2. The zero-order chi connectivity index (χ0) is 12.5. The number of pyridine rings is 1. The number of nitrogens with two attached hydrogens (primary N) is 1. The molecule has 0 saturated carbocycles. The van der Waals surface area contributed by atoms with Gasteiger partial charge in [0.1, 0.15) is 0 Å². The van der Waals surface area contributed by atoms with Gasteiger partial charge in [-0.15, -0.1) is 11.3 Å². The normalized spacial score (nSPS) is 12.8. The Labute approximate surface area is 123 Å². The molecular formula is C14H11IN2S. The van der Waals surface area contributed by atoms with E-state index in [0.29, 0.717) is 0 Å². The molecule has 0 amide bonds. The van der Waals surface area contributed by atoms with Crippen molar-refractivity contribution in [1.29, 1.82) is 0 Å². The fraction of sp³-hybridized carbons (Fsp3) is 0.0714. The first-order valence-electron chi connectivity index (χ1n) is 5.58. The molecule has 2 heterocycles. The van der Waals surface area contributed by atoms with Crippen molar-refractivity contribution in [2.75, 3.05) is 0 Å². The van der Waals surface area contributed by atoms with Crippen molar-refractivity contribution in [1.82, 2.24) is 4.98 Å². The SMILES string of the molecule is NC(c1csc(I)c1)c1ccc2cccnc2c1. The third-order valence-corrected chi connectivity index (χ3v) is 4.74. The summed E-state index contributed by atoms with van der Waals surface area (Å²) in [5.74, 6) is 0. The fourth-order valence-corrected chi connectivity index (χ4v) is 3.36. The van der Waals surface area contributed by atoms with Crippen LogP contribution in [0.5, 0.6) is 0 Å². The van der Waals surface area contributed by atoms with E-state index in [1.165, 1.54) is 8.45 Å². The van der Waals surface area contributed by atoms with Gasteiger partial charge in [0.15, 0.2) is 0 Å². The minimum absolute atomic E-state index is 0.0730. The Bertz CT molecular complexity index is 693. The summed E-state index contributed by atoms with van der Waals surface area (Å²) in [6.07, 6.45) is 1.81. The molecule has 18 heavy (non-hydrogen) atoms. The Morgan fingerprint density at radius 1 is 1.17 bits per heavy atom. The van der Waals surface area contributed by atoms with Crippen molar-refractivity contribution in [2.45, 2.75) is 6.04 Å². The van der Waals surface area contributed by atoms with E-state index >= 15 is 0 Å². The van der Waals surface area contributed by atoms with Crippen molar-refractivity contribution < 1.29 is 0 Å². The van der Waals surface area contributed by atoms with E-state index in [0.717, 1.165) is 16.5 Å². The van der Waals surface area contributed by atoms with Crippen LogP contribution in [0.3, 0.4) is 0 Å². The van der Waals surface area contributed by atoms with Gasteiger partial charge in [-0.2, -0.15) is 0 Å². The van der Waals surface area contributed by atoms with Gasteiger partial charge in [-0.3, -0.25) is 4.98 Å². The first-order valence-corrected chi connectivity index (χ1v) is 7.54. The van der Waals surface area contributed by atoms with Gasteiger partial charge < -0.3 is 5.73 Å². The first kappa shape index (κ1) is 12.1. The number of hydrogen-bond donors (Lipinski definition) is 1. The molecule has 0 fully saturated rings. The molecule has 0 aliphatic carbocycles. The molecule has 2 N–H and O–H groups in total. The van der Waals surface area contributed by atoms with E-state index in [-0.39, 0.29) is 6.04 Å². The van der Waals surface area contributed by atoms with Crippen LogP contribution < -0.4 is 5.73 Å². The highest BCUT2D eigenvalue weighted by Crippen LogP contribution is 2.27. The van der Waals surface area contributed by atoms with E-state index < -0.39 is 0 Å². The monoisotopic (exact) mass is 366 g/mol. The smallest absolute Gasteiger partial charge is 0.0705 e. The Hall–Kier alpha value is -0.980. The summed E-state index contributed by atoms with van der Waals surface area (Å²) in [7, 11) is 0. The molecule has 0 bridgehead atoms. The number of hydrogen-bond acceptors (Lipinski definition) is 3. The van der Waals surface area contributed by atoms with Crippen molar-refractivity contribution in [3.8, 4) is 0 Å². The van der Waals surface area contributed by atoms with Crippen LogP contribution in [0, 0.1) is 2.88 Å². The van der Waals surface area contributed by atoms with E-state index in [1.807, 2.05) is 12.3 Å². The maximum absolute atomic E-state index is 6.30. The highest BCUT2D eigenvalue weighted by Gasteiger charge is 2.11. The minimum Gasteiger partial charge on any atom is -0.320 e. The third-order valence-electron chi connectivity index (χ3n) is 2.94. The first-order chi connectivity index (χ1) is 8.74. The standard InChI is InChI=1S/C14H11IN2S/c15-13-7-11(8-18-13)14(16)10-4-3-9-2-1-5-17-12(9)6-10/h1-8,14H,16H2. The highest BCUT2D eigenvalue weighted by molar-refractivity contribution is 14.1. The maximum Gasteiger partial charge on any atom is 0.0705 e. The minimum atomic E-state index is -0.0730. The zero-order valence-corrected chi connectivity index (χ0v) is 12.5. The second-order valence-electron chi connectivity index (χ2n) is 4.12. The van der Waals surface area contributed by atoms with E-state index in [1.54, 1.807) is 11.3 Å². The molecule has 3 rings (SSSR count). The number of halogens is 1. The molecule has 3 aromatic rings. The van der Waals surface area contributed by atoms with Gasteiger partial charge >= 0.3 is 0 Å². The predicted octanol–water partition coefficient (Wildman–Crippen LogP) is 3.95. The molecule has 0 spiro atoms. The summed E-state index contributed by atoms with van der Waals surface area (Å²) < 4.78 is 1.26. The lowest BCUT2D eigenvalue weighted by molar-refractivity contribution is 0.878. The van der Waals surface area contributed by atoms with E-state index in [9.17, 15) is 0 Å². The number of benzene rings is 1. The van der Waals surface area contributed by atoms with Crippen LogP contribution >= 0.6 is 33.9 Å². The summed E-state index contributed by atoms with van der Waals surface area (Å²) in [5.41, 5.74) is 9.57. The van der Waals surface area contributed by atoms with Gasteiger partial charge in [-0.1, -0.05) is 18.2 Å². The maximum atomic E-state index is 6.30. The number of nitrogens with zero attached hydrogens (tertiary/aromatic N) is 1. The lowest BCUT2D eigenvalue weighted by atomic mass is 10.0. The molecule has 1 aromatic carbocycles. The lowest BCUT2D eigenvalue weighted by Crippen LogP contribution is -2.10. The molecule has 90 valence electrons. The Morgan fingerprint density at radius 3 is 2.83 bits per heavy atom. The molecule has 0 radical (unpaired) electrons.